The number of ether oxygens (including phenoxy) is 2. The van der Waals surface area contributed by atoms with E-state index >= 15 is 0 Å². The topological polar surface area (TPSA) is 81.7 Å². The summed E-state index contributed by atoms with van der Waals surface area (Å²) >= 11 is 0. The summed E-state index contributed by atoms with van der Waals surface area (Å²) in [4.78, 5) is 36.7. The van der Waals surface area contributed by atoms with Gasteiger partial charge in [0.05, 0.1) is 0 Å². The first-order chi connectivity index (χ1) is 11.9. The van der Waals surface area contributed by atoms with Crippen molar-refractivity contribution in [2.24, 2.45) is 0 Å². The molecule has 26 heavy (non-hydrogen) atoms. The Hall–Kier alpha value is -2.37. The Kier molecular flexibility index (Phi) is 7.36. The molecule has 1 unspecified atom stereocenters. The fourth-order valence-corrected chi connectivity index (χ4v) is 2.12. The van der Waals surface area contributed by atoms with Crippen LogP contribution in [-0.2, 0) is 14.3 Å². The predicted octanol–water partition coefficient (Wildman–Crippen LogP) is 3.88. The fourth-order valence-electron chi connectivity index (χ4n) is 2.12. The molecular weight excluding hydrogens is 334 g/mol. The number of amides is 1. The number of rotatable bonds is 6. The number of hydrogen-bond donors (Lipinski definition) is 1. The maximum absolute atomic E-state index is 12.4. The van der Waals surface area contributed by atoms with E-state index in [-0.39, 0.29) is 18.6 Å². The predicted molar refractivity (Wildman–Crippen MR) is 99.0 cm³/mol. The summed E-state index contributed by atoms with van der Waals surface area (Å²) in [7, 11) is 0. The van der Waals surface area contributed by atoms with Gasteiger partial charge in [-0.1, -0.05) is 30.3 Å². The summed E-state index contributed by atoms with van der Waals surface area (Å²) < 4.78 is 10.5. The molecule has 144 valence electrons. The van der Waals surface area contributed by atoms with Gasteiger partial charge in [-0.15, -0.1) is 0 Å². The highest BCUT2D eigenvalue weighted by atomic mass is 16.6. The molecule has 0 aliphatic heterocycles. The second kappa shape index (κ2) is 8.83. The van der Waals surface area contributed by atoms with Crippen LogP contribution in [0, 0.1) is 0 Å². The van der Waals surface area contributed by atoms with Crippen molar-refractivity contribution in [3.63, 3.8) is 0 Å². The SMILES string of the molecule is CC(C)(C)OC(=O)NC(CCC(=O)c1ccccc1)C(=O)OC(C)(C)C. The first-order valence-electron chi connectivity index (χ1n) is 8.68. The lowest BCUT2D eigenvalue weighted by atomic mass is 10.0. The third-order valence-electron chi connectivity index (χ3n) is 3.14. The number of nitrogens with one attached hydrogen (secondary N) is 1. The Balaban J connectivity index is 2.78. The Bertz CT molecular complexity index is 626. The molecule has 0 aliphatic rings. The monoisotopic (exact) mass is 363 g/mol. The Labute approximate surface area is 155 Å². The average Bonchev–Trinajstić information content (AvgIpc) is 2.48. The summed E-state index contributed by atoms with van der Waals surface area (Å²) in [5, 5.41) is 2.51. The summed E-state index contributed by atoms with van der Waals surface area (Å²) in [6, 6.07) is 7.84. The number of benzene rings is 1. The zero-order valence-electron chi connectivity index (χ0n) is 16.4. The van der Waals surface area contributed by atoms with Crippen molar-refractivity contribution in [1.29, 1.82) is 0 Å². The molecule has 1 amide bonds. The van der Waals surface area contributed by atoms with Gasteiger partial charge in [-0.2, -0.15) is 0 Å². The van der Waals surface area contributed by atoms with Gasteiger partial charge in [-0.25, -0.2) is 9.59 Å². The highest BCUT2D eigenvalue weighted by Gasteiger charge is 2.29. The van der Waals surface area contributed by atoms with Crippen molar-refractivity contribution in [3.05, 3.63) is 35.9 Å². The summed E-state index contributed by atoms with van der Waals surface area (Å²) in [6.07, 6.45) is -0.494. The van der Waals surface area contributed by atoms with Crippen molar-refractivity contribution >= 4 is 17.8 Å². The van der Waals surface area contributed by atoms with Crippen LogP contribution in [0.15, 0.2) is 30.3 Å². The van der Waals surface area contributed by atoms with Crippen LogP contribution in [0.25, 0.3) is 0 Å². The summed E-state index contributed by atoms with van der Waals surface area (Å²) in [5.74, 6) is -0.700. The van der Waals surface area contributed by atoms with Gasteiger partial charge >= 0.3 is 12.1 Å². The van der Waals surface area contributed by atoms with E-state index in [4.69, 9.17) is 9.47 Å². The largest absolute Gasteiger partial charge is 0.458 e. The molecule has 0 radical (unpaired) electrons. The number of carbonyl (C=O) groups excluding carboxylic acids is 3. The molecule has 6 heteroatoms. The van der Waals surface area contributed by atoms with Crippen LogP contribution >= 0.6 is 0 Å². The molecule has 0 saturated carbocycles. The van der Waals surface area contributed by atoms with Gasteiger partial charge in [0, 0.05) is 12.0 Å². The third-order valence-corrected chi connectivity index (χ3v) is 3.14. The Morgan fingerprint density at radius 2 is 1.46 bits per heavy atom. The average molecular weight is 363 g/mol. The minimum Gasteiger partial charge on any atom is -0.458 e. The lowest BCUT2D eigenvalue weighted by Crippen LogP contribution is -2.46. The molecule has 1 aromatic rings. The van der Waals surface area contributed by atoms with Crippen molar-refractivity contribution in [2.75, 3.05) is 0 Å². The lowest BCUT2D eigenvalue weighted by molar-refractivity contribution is -0.157. The molecule has 0 aromatic heterocycles. The van der Waals surface area contributed by atoms with Crippen LogP contribution in [0.2, 0.25) is 0 Å². The van der Waals surface area contributed by atoms with E-state index in [1.54, 1.807) is 65.8 Å². The molecule has 1 N–H and O–H groups in total. The van der Waals surface area contributed by atoms with E-state index in [1.807, 2.05) is 6.07 Å². The lowest BCUT2D eigenvalue weighted by Gasteiger charge is -2.26. The molecule has 6 nitrogen and oxygen atoms in total. The van der Waals surface area contributed by atoms with E-state index in [1.165, 1.54) is 0 Å². The minimum atomic E-state index is -0.961. The number of alkyl carbamates (subject to hydrolysis) is 1. The smallest absolute Gasteiger partial charge is 0.408 e. The molecule has 0 bridgehead atoms. The maximum Gasteiger partial charge on any atom is 0.408 e. The molecule has 0 fully saturated rings. The minimum absolute atomic E-state index is 0.101. The quantitative estimate of drug-likeness (QED) is 0.612. The zero-order chi connectivity index (χ0) is 20.0. The van der Waals surface area contributed by atoms with E-state index in [0.717, 1.165) is 0 Å². The van der Waals surface area contributed by atoms with Crippen molar-refractivity contribution in [1.82, 2.24) is 5.32 Å². The van der Waals surface area contributed by atoms with E-state index < -0.39 is 29.3 Å². The standard InChI is InChI=1S/C20H29NO5/c1-19(2,3)25-17(23)15(21-18(24)26-20(4,5)6)12-13-16(22)14-10-8-7-9-11-14/h7-11,15H,12-13H2,1-6H3,(H,21,24). The van der Waals surface area contributed by atoms with Crippen molar-refractivity contribution < 1.29 is 23.9 Å². The number of ketones is 1. The Morgan fingerprint density at radius 3 is 1.96 bits per heavy atom. The van der Waals surface area contributed by atoms with Gasteiger partial charge in [-0.3, -0.25) is 4.79 Å². The van der Waals surface area contributed by atoms with Crippen molar-refractivity contribution in [3.8, 4) is 0 Å². The second-order valence-electron chi connectivity index (χ2n) is 8.06. The van der Waals surface area contributed by atoms with Crippen LogP contribution in [-0.4, -0.2) is 35.1 Å². The highest BCUT2D eigenvalue weighted by Crippen LogP contribution is 2.14. The van der Waals surface area contributed by atoms with Crippen LogP contribution < -0.4 is 5.32 Å². The van der Waals surface area contributed by atoms with Gasteiger partial charge < -0.3 is 14.8 Å². The number of hydrogen-bond acceptors (Lipinski definition) is 5. The molecule has 1 rings (SSSR count). The number of Topliss-reactive ketones (excluding diaryl/α,β-unsaturated/α-hetero) is 1. The number of carbonyl (C=O) groups is 3. The van der Waals surface area contributed by atoms with Crippen LogP contribution in [0.1, 0.15) is 64.7 Å². The molecule has 0 saturated heterocycles. The zero-order valence-corrected chi connectivity index (χ0v) is 16.4. The van der Waals surface area contributed by atoms with Gasteiger partial charge in [0.15, 0.2) is 5.78 Å². The van der Waals surface area contributed by atoms with Crippen LogP contribution in [0.5, 0.6) is 0 Å². The molecule has 0 heterocycles. The van der Waals surface area contributed by atoms with Crippen LogP contribution in [0.3, 0.4) is 0 Å². The second-order valence-corrected chi connectivity index (χ2v) is 8.06. The molecule has 1 aromatic carbocycles. The maximum atomic E-state index is 12.4. The molecular formula is C20H29NO5. The first-order valence-corrected chi connectivity index (χ1v) is 8.68. The third kappa shape index (κ3) is 8.65. The molecule has 0 aliphatic carbocycles. The van der Waals surface area contributed by atoms with Crippen LogP contribution in [0.4, 0.5) is 4.79 Å². The highest BCUT2D eigenvalue weighted by molar-refractivity contribution is 5.96. The fraction of sp³-hybridized carbons (Fsp3) is 0.550. The summed E-state index contributed by atoms with van der Waals surface area (Å²) in [6.45, 7) is 10.4. The van der Waals surface area contributed by atoms with Gasteiger partial charge in [0.2, 0.25) is 0 Å². The van der Waals surface area contributed by atoms with Crippen molar-refractivity contribution in [2.45, 2.75) is 71.6 Å². The van der Waals surface area contributed by atoms with Gasteiger partial charge in [-0.05, 0) is 48.0 Å². The Morgan fingerprint density at radius 1 is 0.923 bits per heavy atom. The first kappa shape index (κ1) is 21.7. The van der Waals surface area contributed by atoms with Gasteiger partial charge in [0.1, 0.15) is 17.2 Å². The van der Waals surface area contributed by atoms with E-state index in [2.05, 4.69) is 5.32 Å². The summed E-state index contributed by atoms with van der Waals surface area (Å²) in [5.41, 5.74) is -0.829. The van der Waals surface area contributed by atoms with Gasteiger partial charge in [0.25, 0.3) is 0 Å². The molecule has 1 atom stereocenters. The number of esters is 1. The normalized spacial score (nSPS) is 12.8. The molecule has 0 spiro atoms. The van der Waals surface area contributed by atoms with E-state index in [9.17, 15) is 14.4 Å². The van der Waals surface area contributed by atoms with E-state index in [0.29, 0.717) is 5.56 Å².